The number of nitrogens with zero attached hydrogens (tertiary/aromatic N) is 1. The molecule has 6 heteroatoms. The number of para-hydroxylation sites is 1. The van der Waals surface area contributed by atoms with Crippen molar-refractivity contribution in [3.63, 3.8) is 0 Å². The lowest BCUT2D eigenvalue weighted by Crippen LogP contribution is -2.35. The Morgan fingerprint density at radius 1 is 1.39 bits per heavy atom. The minimum absolute atomic E-state index is 0.108. The van der Waals surface area contributed by atoms with Gasteiger partial charge >= 0.3 is 0 Å². The van der Waals surface area contributed by atoms with Gasteiger partial charge < -0.3 is 21.7 Å². The van der Waals surface area contributed by atoms with Crippen molar-refractivity contribution in [1.82, 2.24) is 5.32 Å². The molecule has 0 saturated heterocycles. The van der Waals surface area contributed by atoms with Crippen molar-refractivity contribution < 1.29 is 9.59 Å². The van der Waals surface area contributed by atoms with Crippen LogP contribution in [0, 0.1) is 0 Å². The van der Waals surface area contributed by atoms with Crippen LogP contribution in [0.2, 0.25) is 0 Å². The summed E-state index contributed by atoms with van der Waals surface area (Å²) in [6.45, 7) is 2.59. The first kappa shape index (κ1) is 13.8. The maximum atomic E-state index is 11.5. The number of carbonyl (C=O) groups is 2. The molecule has 0 aliphatic heterocycles. The number of hydrogen-bond acceptors (Lipinski definition) is 4. The molecule has 2 amide bonds. The average Bonchev–Trinajstić information content (AvgIpc) is 2.28. The van der Waals surface area contributed by atoms with E-state index < -0.39 is 5.91 Å². The molecule has 0 unspecified atom stereocenters. The van der Waals surface area contributed by atoms with Crippen molar-refractivity contribution in [2.24, 2.45) is 5.73 Å². The summed E-state index contributed by atoms with van der Waals surface area (Å²) in [6, 6.07) is 4.97. The van der Waals surface area contributed by atoms with Crippen molar-refractivity contribution >= 4 is 23.2 Å². The number of benzene rings is 1. The number of amides is 2. The Morgan fingerprint density at radius 2 is 2.06 bits per heavy atom. The molecule has 0 heterocycles. The van der Waals surface area contributed by atoms with Gasteiger partial charge in [0.25, 0.3) is 5.91 Å². The number of nitrogens with two attached hydrogens (primary N) is 2. The van der Waals surface area contributed by atoms with Crippen LogP contribution in [0.4, 0.5) is 11.4 Å². The van der Waals surface area contributed by atoms with Gasteiger partial charge in [-0.15, -0.1) is 0 Å². The predicted octanol–water partition coefficient (Wildman–Crippen LogP) is -0.0600. The third-order valence-electron chi connectivity index (χ3n) is 2.51. The molecule has 1 rings (SSSR count). The number of carbonyl (C=O) groups excluding carboxylic acids is 2. The Hall–Kier alpha value is -2.24. The first-order valence-corrected chi connectivity index (χ1v) is 5.63. The second kappa shape index (κ2) is 5.90. The number of anilines is 2. The molecule has 6 nitrogen and oxygen atoms in total. The Kier molecular flexibility index (Phi) is 4.53. The first-order chi connectivity index (χ1) is 8.47. The van der Waals surface area contributed by atoms with Gasteiger partial charge in [-0.05, 0) is 19.1 Å². The molecule has 98 valence electrons. The lowest BCUT2D eigenvalue weighted by atomic mass is 10.1. The molecule has 0 spiro atoms. The molecule has 0 aromatic heterocycles. The van der Waals surface area contributed by atoms with Crippen LogP contribution >= 0.6 is 0 Å². The van der Waals surface area contributed by atoms with Gasteiger partial charge in [0.1, 0.15) is 0 Å². The summed E-state index contributed by atoms with van der Waals surface area (Å²) in [6.07, 6.45) is 0. The number of nitrogens with one attached hydrogen (secondary N) is 1. The first-order valence-electron chi connectivity index (χ1n) is 5.63. The van der Waals surface area contributed by atoms with Gasteiger partial charge in [-0.25, -0.2) is 0 Å². The van der Waals surface area contributed by atoms with Crippen LogP contribution in [0.5, 0.6) is 0 Å². The van der Waals surface area contributed by atoms with Crippen molar-refractivity contribution in [3.05, 3.63) is 23.8 Å². The molecule has 0 aliphatic carbocycles. The second-order valence-corrected chi connectivity index (χ2v) is 3.91. The zero-order valence-corrected chi connectivity index (χ0v) is 10.6. The highest BCUT2D eigenvalue weighted by atomic mass is 16.2. The van der Waals surface area contributed by atoms with Gasteiger partial charge in [-0.3, -0.25) is 9.59 Å². The number of likely N-dealkylation sites (N-methyl/N-ethyl adjacent to an activating group) is 2. The molecule has 1 aromatic carbocycles. The molecule has 0 aliphatic rings. The molecule has 0 saturated carbocycles. The van der Waals surface area contributed by atoms with E-state index in [2.05, 4.69) is 5.32 Å². The summed E-state index contributed by atoms with van der Waals surface area (Å²) < 4.78 is 0. The standard InChI is InChI=1S/C12H18N4O2/c1-3-15-10(17)7-16(2)9-6-4-5-8(11(9)13)12(14)18/h4-6H,3,7,13H2,1-2H3,(H2,14,18)(H,15,17). The van der Waals surface area contributed by atoms with Crippen LogP contribution in [-0.2, 0) is 4.79 Å². The third kappa shape index (κ3) is 3.13. The van der Waals surface area contributed by atoms with E-state index in [9.17, 15) is 9.59 Å². The molecule has 1 aromatic rings. The zero-order chi connectivity index (χ0) is 13.7. The summed E-state index contributed by atoms with van der Waals surface area (Å²) in [4.78, 5) is 24.3. The van der Waals surface area contributed by atoms with Gasteiger partial charge in [-0.1, -0.05) is 6.07 Å². The predicted molar refractivity (Wildman–Crippen MR) is 71.3 cm³/mol. The van der Waals surface area contributed by atoms with E-state index in [1.807, 2.05) is 6.92 Å². The van der Waals surface area contributed by atoms with Crippen LogP contribution < -0.4 is 21.7 Å². The third-order valence-corrected chi connectivity index (χ3v) is 2.51. The van der Waals surface area contributed by atoms with E-state index in [1.165, 1.54) is 0 Å². The maximum absolute atomic E-state index is 11.5. The normalized spacial score (nSPS) is 9.89. The van der Waals surface area contributed by atoms with E-state index in [4.69, 9.17) is 11.5 Å². The smallest absolute Gasteiger partial charge is 0.250 e. The minimum Gasteiger partial charge on any atom is -0.396 e. The summed E-state index contributed by atoms with van der Waals surface area (Å²) in [5.41, 5.74) is 12.2. The largest absolute Gasteiger partial charge is 0.396 e. The van der Waals surface area contributed by atoms with E-state index in [-0.39, 0.29) is 23.7 Å². The lowest BCUT2D eigenvalue weighted by Gasteiger charge is -2.21. The fraction of sp³-hybridized carbons (Fsp3) is 0.333. The maximum Gasteiger partial charge on any atom is 0.250 e. The number of rotatable bonds is 5. The van der Waals surface area contributed by atoms with Crippen LogP contribution in [-0.4, -0.2) is 32.0 Å². The quantitative estimate of drug-likeness (QED) is 0.637. The fourth-order valence-electron chi connectivity index (χ4n) is 1.65. The average molecular weight is 250 g/mol. The summed E-state index contributed by atoms with van der Waals surface area (Å²) in [7, 11) is 1.73. The van der Waals surface area contributed by atoms with Crippen molar-refractivity contribution in [2.45, 2.75) is 6.92 Å². The molecule has 18 heavy (non-hydrogen) atoms. The summed E-state index contributed by atoms with van der Waals surface area (Å²) in [5, 5.41) is 2.69. The number of hydrogen-bond donors (Lipinski definition) is 3. The highest BCUT2D eigenvalue weighted by molar-refractivity contribution is 6.01. The monoisotopic (exact) mass is 250 g/mol. The van der Waals surface area contributed by atoms with E-state index >= 15 is 0 Å². The van der Waals surface area contributed by atoms with Crippen molar-refractivity contribution in [2.75, 3.05) is 30.8 Å². The van der Waals surface area contributed by atoms with Gasteiger partial charge in [0.15, 0.2) is 0 Å². The molecule has 0 bridgehead atoms. The molecular formula is C12H18N4O2. The minimum atomic E-state index is -0.583. The van der Waals surface area contributed by atoms with Crippen molar-refractivity contribution in [3.8, 4) is 0 Å². The summed E-state index contributed by atoms with van der Waals surface area (Å²) in [5.74, 6) is -0.690. The van der Waals surface area contributed by atoms with Crippen LogP contribution in [0.1, 0.15) is 17.3 Å². The molecule has 0 atom stereocenters. The Bertz CT molecular complexity index is 459. The molecule has 0 fully saturated rings. The van der Waals surface area contributed by atoms with Crippen LogP contribution in [0.25, 0.3) is 0 Å². The SMILES string of the molecule is CCNC(=O)CN(C)c1cccc(C(N)=O)c1N. The van der Waals surface area contributed by atoms with Gasteiger partial charge in [0, 0.05) is 13.6 Å². The summed E-state index contributed by atoms with van der Waals surface area (Å²) >= 11 is 0. The topological polar surface area (TPSA) is 101 Å². The van der Waals surface area contributed by atoms with E-state index in [1.54, 1.807) is 30.1 Å². The van der Waals surface area contributed by atoms with E-state index in [0.717, 1.165) is 0 Å². The molecular weight excluding hydrogens is 232 g/mol. The van der Waals surface area contributed by atoms with Crippen molar-refractivity contribution in [1.29, 1.82) is 0 Å². The molecule has 0 radical (unpaired) electrons. The zero-order valence-electron chi connectivity index (χ0n) is 10.6. The highest BCUT2D eigenvalue weighted by Crippen LogP contribution is 2.25. The highest BCUT2D eigenvalue weighted by Gasteiger charge is 2.14. The lowest BCUT2D eigenvalue weighted by molar-refractivity contribution is -0.119. The van der Waals surface area contributed by atoms with Crippen LogP contribution in [0.3, 0.4) is 0 Å². The molecule has 5 N–H and O–H groups in total. The van der Waals surface area contributed by atoms with Gasteiger partial charge in [-0.2, -0.15) is 0 Å². The van der Waals surface area contributed by atoms with E-state index in [0.29, 0.717) is 12.2 Å². The second-order valence-electron chi connectivity index (χ2n) is 3.91. The fourth-order valence-corrected chi connectivity index (χ4v) is 1.65. The Morgan fingerprint density at radius 3 is 2.61 bits per heavy atom. The van der Waals surface area contributed by atoms with Gasteiger partial charge in [0.2, 0.25) is 5.91 Å². The Balaban J connectivity index is 2.92. The Labute approximate surface area is 106 Å². The number of nitrogen functional groups attached to an aromatic ring is 1. The number of primary amides is 1. The van der Waals surface area contributed by atoms with Gasteiger partial charge in [0.05, 0.1) is 23.5 Å². The van der Waals surface area contributed by atoms with Crippen LogP contribution in [0.15, 0.2) is 18.2 Å².